The van der Waals surface area contributed by atoms with E-state index < -0.39 is 28.5 Å². The van der Waals surface area contributed by atoms with E-state index in [1.165, 1.54) is 30.2 Å². The van der Waals surface area contributed by atoms with Gasteiger partial charge in [0.15, 0.2) is 0 Å². The van der Waals surface area contributed by atoms with Crippen molar-refractivity contribution in [3.63, 3.8) is 0 Å². The van der Waals surface area contributed by atoms with Gasteiger partial charge in [-0.25, -0.2) is 8.42 Å². The fourth-order valence-corrected chi connectivity index (χ4v) is 5.96. The highest BCUT2D eigenvalue weighted by Gasteiger charge is 2.33. The molecule has 0 aliphatic rings. The third-order valence-corrected chi connectivity index (χ3v) is 8.92. The van der Waals surface area contributed by atoms with Crippen LogP contribution in [0, 0.1) is 0 Å². The first kappa shape index (κ1) is 32.0. The van der Waals surface area contributed by atoms with Crippen molar-refractivity contribution in [2.75, 3.05) is 24.5 Å². The summed E-state index contributed by atoms with van der Waals surface area (Å²) < 4.78 is 34.1. The molecule has 220 valence electrons. The zero-order valence-corrected chi connectivity index (χ0v) is 25.5. The van der Waals surface area contributed by atoms with Gasteiger partial charge in [-0.3, -0.25) is 13.9 Å². The Bertz CT molecular complexity index is 1400. The number of hydrogen-bond acceptors (Lipinski definition) is 5. The zero-order chi connectivity index (χ0) is 30.0. The van der Waals surface area contributed by atoms with Gasteiger partial charge in [0, 0.05) is 17.6 Å². The Morgan fingerprint density at radius 2 is 1.63 bits per heavy atom. The van der Waals surface area contributed by atoms with Crippen LogP contribution in [0.4, 0.5) is 5.69 Å². The van der Waals surface area contributed by atoms with Crippen LogP contribution < -0.4 is 14.4 Å². The van der Waals surface area contributed by atoms with Crippen LogP contribution in [-0.4, -0.2) is 57.4 Å². The van der Waals surface area contributed by atoms with E-state index in [2.05, 4.69) is 5.32 Å². The molecule has 2 amide bonds. The molecule has 0 aliphatic carbocycles. The normalized spacial score (nSPS) is 12.7. The van der Waals surface area contributed by atoms with Crippen LogP contribution >= 0.6 is 11.6 Å². The minimum atomic E-state index is -4.20. The number of amides is 2. The van der Waals surface area contributed by atoms with Gasteiger partial charge in [0.25, 0.3) is 10.0 Å². The second-order valence-electron chi connectivity index (χ2n) is 9.73. The minimum Gasteiger partial charge on any atom is -0.497 e. The number of halogens is 1. The molecular formula is C31H38ClN3O5S. The lowest BCUT2D eigenvalue weighted by atomic mass is 10.1. The smallest absolute Gasteiger partial charge is 0.264 e. The number of ether oxygens (including phenoxy) is 1. The van der Waals surface area contributed by atoms with Gasteiger partial charge in [-0.1, -0.05) is 61.8 Å². The molecule has 10 heteroatoms. The van der Waals surface area contributed by atoms with Gasteiger partial charge in [-0.05, 0) is 74.2 Å². The summed E-state index contributed by atoms with van der Waals surface area (Å²) in [4.78, 5) is 28.9. The number of sulfonamides is 1. The molecule has 41 heavy (non-hydrogen) atoms. The molecule has 0 unspecified atom stereocenters. The molecule has 0 saturated heterocycles. The zero-order valence-electron chi connectivity index (χ0n) is 23.9. The fourth-order valence-electron chi connectivity index (χ4n) is 4.37. The molecule has 0 spiro atoms. The Labute approximate surface area is 248 Å². The second-order valence-corrected chi connectivity index (χ2v) is 12.0. The monoisotopic (exact) mass is 599 g/mol. The highest BCUT2D eigenvalue weighted by Crippen LogP contribution is 2.27. The molecule has 3 aromatic rings. The molecule has 3 aromatic carbocycles. The molecule has 0 radical (unpaired) electrons. The Hall–Kier alpha value is -3.56. The number of benzene rings is 3. The third-order valence-electron chi connectivity index (χ3n) is 6.89. The van der Waals surface area contributed by atoms with E-state index >= 15 is 0 Å². The Kier molecular flexibility index (Phi) is 11.6. The van der Waals surface area contributed by atoms with E-state index in [1.807, 2.05) is 51.1 Å². The first-order valence-electron chi connectivity index (χ1n) is 13.7. The lowest BCUT2D eigenvalue weighted by Crippen LogP contribution is -2.54. The Morgan fingerprint density at radius 1 is 0.951 bits per heavy atom. The van der Waals surface area contributed by atoms with Crippen LogP contribution in [0.5, 0.6) is 5.75 Å². The van der Waals surface area contributed by atoms with Crippen molar-refractivity contribution >= 4 is 39.1 Å². The number of anilines is 1. The maximum absolute atomic E-state index is 14.1. The lowest BCUT2D eigenvalue weighted by Gasteiger charge is -2.33. The molecule has 0 fully saturated rings. The minimum absolute atomic E-state index is 0.0107. The van der Waals surface area contributed by atoms with Crippen LogP contribution in [0.2, 0.25) is 5.02 Å². The van der Waals surface area contributed by atoms with Gasteiger partial charge in [-0.15, -0.1) is 0 Å². The SMILES string of the molecule is CC[C@@H](C)NC(=O)[C@@H](CC)N(CCc1ccccc1)C(=O)CN(c1cccc(Cl)c1)S(=O)(=O)c1ccc(OC)cc1. The highest BCUT2D eigenvalue weighted by molar-refractivity contribution is 7.92. The van der Waals surface area contributed by atoms with Gasteiger partial charge in [0.2, 0.25) is 11.8 Å². The summed E-state index contributed by atoms with van der Waals surface area (Å²) in [6.45, 7) is 5.44. The van der Waals surface area contributed by atoms with E-state index in [-0.39, 0.29) is 29.1 Å². The van der Waals surface area contributed by atoms with Gasteiger partial charge < -0.3 is 15.0 Å². The summed E-state index contributed by atoms with van der Waals surface area (Å²) in [5, 5.41) is 3.30. The van der Waals surface area contributed by atoms with Gasteiger partial charge in [0.05, 0.1) is 17.7 Å². The molecule has 0 bridgehead atoms. The van der Waals surface area contributed by atoms with E-state index in [0.29, 0.717) is 23.6 Å². The van der Waals surface area contributed by atoms with Crippen LogP contribution in [0.1, 0.15) is 39.2 Å². The van der Waals surface area contributed by atoms with Crippen molar-refractivity contribution in [3.8, 4) is 5.75 Å². The summed E-state index contributed by atoms with van der Waals surface area (Å²) in [7, 11) is -2.70. The predicted octanol–water partition coefficient (Wildman–Crippen LogP) is 5.31. The standard InChI is InChI=1S/C31H38ClN3O5S/c1-5-23(3)33-31(37)29(6-2)34(20-19-24-11-8-7-9-12-24)30(36)22-35(26-14-10-13-25(32)21-26)41(38,39)28-17-15-27(40-4)16-18-28/h7-18,21,23,29H,5-6,19-20,22H2,1-4H3,(H,33,37)/t23-,29-/m1/s1. The van der Waals surface area contributed by atoms with E-state index in [4.69, 9.17) is 16.3 Å². The highest BCUT2D eigenvalue weighted by atomic mass is 35.5. The number of nitrogens with zero attached hydrogens (tertiary/aromatic N) is 2. The fraction of sp³-hybridized carbons (Fsp3) is 0.355. The van der Waals surface area contributed by atoms with Crippen LogP contribution in [0.25, 0.3) is 0 Å². The molecular weight excluding hydrogens is 562 g/mol. The second kappa shape index (κ2) is 14.9. The Balaban J connectivity index is 2.01. The maximum atomic E-state index is 14.1. The van der Waals surface area contributed by atoms with Crippen LogP contribution in [0.3, 0.4) is 0 Å². The molecule has 0 aromatic heterocycles. The van der Waals surface area contributed by atoms with E-state index in [9.17, 15) is 18.0 Å². The molecule has 2 atom stereocenters. The first-order chi connectivity index (χ1) is 19.6. The average Bonchev–Trinajstić information content (AvgIpc) is 2.98. The van der Waals surface area contributed by atoms with Crippen LogP contribution in [0.15, 0.2) is 83.8 Å². The maximum Gasteiger partial charge on any atom is 0.264 e. The van der Waals surface area contributed by atoms with Crippen molar-refractivity contribution in [1.29, 1.82) is 0 Å². The summed E-state index contributed by atoms with van der Waals surface area (Å²) in [6, 6.07) is 21.1. The number of carbonyl (C=O) groups is 2. The number of hydrogen-bond donors (Lipinski definition) is 1. The van der Waals surface area contributed by atoms with Gasteiger partial charge in [-0.2, -0.15) is 0 Å². The van der Waals surface area contributed by atoms with E-state index in [0.717, 1.165) is 16.3 Å². The molecule has 1 N–H and O–H groups in total. The molecule has 3 rings (SSSR count). The predicted molar refractivity (Wildman–Crippen MR) is 163 cm³/mol. The van der Waals surface area contributed by atoms with Gasteiger partial charge in [0.1, 0.15) is 18.3 Å². The largest absolute Gasteiger partial charge is 0.497 e. The topological polar surface area (TPSA) is 96.0 Å². The third kappa shape index (κ3) is 8.47. The Morgan fingerprint density at radius 3 is 2.22 bits per heavy atom. The first-order valence-corrected chi connectivity index (χ1v) is 15.5. The summed E-state index contributed by atoms with van der Waals surface area (Å²) in [5.74, 6) is -0.265. The molecule has 0 heterocycles. The molecule has 0 saturated carbocycles. The quantitative estimate of drug-likeness (QED) is 0.271. The molecule has 0 aliphatic heterocycles. The average molecular weight is 600 g/mol. The van der Waals surface area contributed by atoms with E-state index in [1.54, 1.807) is 30.3 Å². The number of rotatable bonds is 14. The summed E-state index contributed by atoms with van der Waals surface area (Å²) >= 11 is 6.23. The summed E-state index contributed by atoms with van der Waals surface area (Å²) in [5.41, 5.74) is 1.24. The van der Waals surface area contributed by atoms with Crippen molar-refractivity contribution < 1.29 is 22.7 Å². The number of nitrogens with one attached hydrogen (secondary N) is 1. The van der Waals surface area contributed by atoms with Crippen molar-refractivity contribution in [2.45, 2.75) is 57.0 Å². The van der Waals surface area contributed by atoms with Crippen molar-refractivity contribution in [3.05, 3.63) is 89.4 Å². The lowest BCUT2D eigenvalue weighted by molar-refractivity contribution is -0.139. The summed E-state index contributed by atoms with van der Waals surface area (Å²) in [6.07, 6.45) is 1.61. The van der Waals surface area contributed by atoms with Gasteiger partial charge >= 0.3 is 0 Å². The number of methoxy groups -OCH3 is 1. The number of carbonyl (C=O) groups excluding carboxylic acids is 2. The van der Waals surface area contributed by atoms with Crippen molar-refractivity contribution in [2.24, 2.45) is 0 Å². The molecule has 8 nitrogen and oxygen atoms in total. The van der Waals surface area contributed by atoms with Crippen LogP contribution in [-0.2, 0) is 26.0 Å². The van der Waals surface area contributed by atoms with Crippen molar-refractivity contribution in [1.82, 2.24) is 10.2 Å².